The number of aromatic carboxylic acids is 1. The van der Waals surface area contributed by atoms with E-state index in [1.165, 1.54) is 10.9 Å². The van der Waals surface area contributed by atoms with E-state index in [1.807, 2.05) is 0 Å². The number of hydrogen-bond donors (Lipinski definition) is 1. The lowest BCUT2D eigenvalue weighted by Crippen LogP contribution is -2.36. The fourth-order valence-corrected chi connectivity index (χ4v) is 1.13. The van der Waals surface area contributed by atoms with E-state index in [4.69, 9.17) is 14.6 Å². The maximum absolute atomic E-state index is 10.5. The molecule has 1 N–H and O–H groups in total. The van der Waals surface area contributed by atoms with E-state index < -0.39 is 5.97 Å². The molecule has 2 rings (SSSR count). The first-order valence-electron chi connectivity index (χ1n) is 4.58. The Balaban J connectivity index is 1.75. The first kappa shape index (κ1) is 10.1. The summed E-state index contributed by atoms with van der Waals surface area (Å²) in [7, 11) is 0. The summed E-state index contributed by atoms with van der Waals surface area (Å²) in [5.74, 6) is -1.07. The summed E-state index contributed by atoms with van der Waals surface area (Å²) in [4.78, 5) is 10.5. The highest BCUT2D eigenvalue weighted by molar-refractivity contribution is 5.84. The van der Waals surface area contributed by atoms with Crippen LogP contribution in [0.2, 0.25) is 0 Å². The summed E-state index contributed by atoms with van der Waals surface area (Å²) in [6.45, 7) is 2.25. The first-order chi connectivity index (χ1) is 7.25. The molecule has 2 heterocycles. The predicted octanol–water partition coefficient (Wildman–Crippen LogP) is -0.608. The Morgan fingerprint density at radius 2 is 2.53 bits per heavy atom. The molecule has 15 heavy (non-hydrogen) atoms. The van der Waals surface area contributed by atoms with Gasteiger partial charge in [0.05, 0.1) is 32.6 Å². The second-order valence-electron chi connectivity index (χ2n) is 3.20. The Hall–Kier alpha value is -1.47. The van der Waals surface area contributed by atoms with Gasteiger partial charge in [0.15, 0.2) is 5.69 Å². The summed E-state index contributed by atoms with van der Waals surface area (Å²) < 4.78 is 11.8. The van der Waals surface area contributed by atoms with E-state index in [2.05, 4.69) is 10.3 Å². The molecule has 1 aromatic heterocycles. The van der Waals surface area contributed by atoms with Crippen LogP contribution in [0.1, 0.15) is 10.5 Å². The first-order valence-corrected chi connectivity index (χ1v) is 4.58. The second kappa shape index (κ2) is 4.37. The highest BCUT2D eigenvalue weighted by Crippen LogP contribution is 2.04. The number of carboxylic acid groups (broad SMARTS) is 1. The van der Waals surface area contributed by atoms with E-state index in [9.17, 15) is 4.79 Å². The topological polar surface area (TPSA) is 86.5 Å². The Bertz CT molecular complexity index is 347. The average molecular weight is 213 g/mol. The molecule has 0 saturated carbocycles. The number of carbonyl (C=O) groups is 1. The Labute approximate surface area is 85.6 Å². The maximum atomic E-state index is 10.5. The van der Waals surface area contributed by atoms with Gasteiger partial charge in [-0.25, -0.2) is 9.48 Å². The van der Waals surface area contributed by atoms with Gasteiger partial charge in [-0.2, -0.15) is 0 Å². The molecule has 0 unspecified atom stereocenters. The lowest BCUT2D eigenvalue weighted by atomic mass is 10.3. The molecule has 1 aliphatic rings. The molecule has 0 aliphatic carbocycles. The molecule has 0 bridgehead atoms. The van der Waals surface area contributed by atoms with Crippen molar-refractivity contribution in [2.45, 2.75) is 12.6 Å². The largest absolute Gasteiger partial charge is 0.476 e. The van der Waals surface area contributed by atoms with Crippen molar-refractivity contribution in [1.29, 1.82) is 0 Å². The van der Waals surface area contributed by atoms with Gasteiger partial charge in [-0.1, -0.05) is 5.21 Å². The van der Waals surface area contributed by atoms with Gasteiger partial charge in [0.2, 0.25) is 0 Å². The van der Waals surface area contributed by atoms with E-state index >= 15 is 0 Å². The summed E-state index contributed by atoms with van der Waals surface area (Å²) in [6, 6.07) is 0. The van der Waals surface area contributed by atoms with Crippen LogP contribution in [0, 0.1) is 0 Å². The molecule has 1 aromatic rings. The van der Waals surface area contributed by atoms with Crippen LogP contribution >= 0.6 is 0 Å². The van der Waals surface area contributed by atoms with Gasteiger partial charge in [-0.05, 0) is 0 Å². The van der Waals surface area contributed by atoms with Gasteiger partial charge in [0, 0.05) is 0 Å². The van der Waals surface area contributed by atoms with E-state index in [-0.39, 0.29) is 11.8 Å². The number of nitrogens with zero attached hydrogens (tertiary/aromatic N) is 3. The van der Waals surface area contributed by atoms with Crippen LogP contribution in [-0.4, -0.2) is 52.0 Å². The molecule has 0 radical (unpaired) electrons. The van der Waals surface area contributed by atoms with Gasteiger partial charge in [0.1, 0.15) is 6.10 Å². The molecule has 1 saturated heterocycles. The van der Waals surface area contributed by atoms with Crippen LogP contribution in [-0.2, 0) is 16.0 Å². The third kappa shape index (κ3) is 2.51. The summed E-state index contributed by atoms with van der Waals surface area (Å²) in [6.07, 6.45) is 1.55. The Morgan fingerprint density at radius 1 is 1.73 bits per heavy atom. The molecule has 0 spiro atoms. The van der Waals surface area contributed by atoms with Gasteiger partial charge in [-0.3, -0.25) is 0 Å². The second-order valence-corrected chi connectivity index (χ2v) is 3.20. The minimum absolute atomic E-state index is 0.0537. The van der Waals surface area contributed by atoms with Gasteiger partial charge < -0.3 is 14.6 Å². The zero-order valence-corrected chi connectivity index (χ0v) is 8.00. The van der Waals surface area contributed by atoms with E-state index in [0.717, 1.165) is 0 Å². The zero-order chi connectivity index (χ0) is 10.7. The summed E-state index contributed by atoms with van der Waals surface area (Å²) >= 11 is 0. The van der Waals surface area contributed by atoms with E-state index in [0.29, 0.717) is 26.4 Å². The molecule has 1 aliphatic heterocycles. The van der Waals surface area contributed by atoms with Crippen molar-refractivity contribution in [3.63, 3.8) is 0 Å². The van der Waals surface area contributed by atoms with Gasteiger partial charge >= 0.3 is 5.97 Å². The highest BCUT2D eigenvalue weighted by atomic mass is 16.6. The van der Waals surface area contributed by atoms with Crippen molar-refractivity contribution in [3.05, 3.63) is 11.9 Å². The van der Waals surface area contributed by atoms with E-state index in [1.54, 1.807) is 0 Å². The van der Waals surface area contributed by atoms with Crippen molar-refractivity contribution in [2.24, 2.45) is 0 Å². The van der Waals surface area contributed by atoms with Crippen molar-refractivity contribution >= 4 is 5.97 Å². The molecular weight excluding hydrogens is 202 g/mol. The average Bonchev–Trinajstić information content (AvgIpc) is 2.57. The van der Waals surface area contributed by atoms with Gasteiger partial charge in [-0.15, -0.1) is 5.10 Å². The van der Waals surface area contributed by atoms with Crippen molar-refractivity contribution in [1.82, 2.24) is 15.0 Å². The molecule has 1 fully saturated rings. The number of hydrogen-bond acceptors (Lipinski definition) is 5. The van der Waals surface area contributed by atoms with Crippen molar-refractivity contribution in [3.8, 4) is 0 Å². The molecular formula is C8H11N3O4. The van der Waals surface area contributed by atoms with Crippen LogP contribution in [0.4, 0.5) is 0 Å². The third-order valence-electron chi connectivity index (χ3n) is 2.04. The fraction of sp³-hybridized carbons (Fsp3) is 0.625. The molecule has 82 valence electrons. The summed E-state index contributed by atoms with van der Waals surface area (Å²) in [5.41, 5.74) is -0.0537. The fourth-order valence-electron chi connectivity index (χ4n) is 1.13. The molecule has 0 atom stereocenters. The summed E-state index contributed by atoms with van der Waals surface area (Å²) in [5, 5.41) is 15.7. The highest BCUT2D eigenvalue weighted by Gasteiger charge is 2.18. The molecule has 0 aromatic carbocycles. The SMILES string of the molecule is O=C(O)c1cn(CCOC2COC2)nn1. The van der Waals surface area contributed by atoms with Crippen LogP contribution in [0.5, 0.6) is 0 Å². The normalized spacial score (nSPS) is 16.3. The minimum Gasteiger partial charge on any atom is -0.476 e. The standard InChI is InChI=1S/C8H11N3O4/c12-8(13)7-3-11(10-9-7)1-2-15-6-4-14-5-6/h3,6H,1-2,4-5H2,(H,12,13). The Kier molecular flexibility index (Phi) is 2.93. The monoisotopic (exact) mass is 213 g/mol. The third-order valence-corrected chi connectivity index (χ3v) is 2.04. The maximum Gasteiger partial charge on any atom is 0.358 e. The van der Waals surface area contributed by atoms with Crippen LogP contribution in [0.25, 0.3) is 0 Å². The van der Waals surface area contributed by atoms with Crippen molar-refractivity contribution in [2.75, 3.05) is 19.8 Å². The Morgan fingerprint density at radius 3 is 3.07 bits per heavy atom. The number of ether oxygens (including phenoxy) is 2. The molecule has 7 heteroatoms. The lowest BCUT2D eigenvalue weighted by Gasteiger charge is -2.25. The zero-order valence-electron chi connectivity index (χ0n) is 8.00. The molecule has 7 nitrogen and oxygen atoms in total. The number of aromatic nitrogens is 3. The molecule has 0 amide bonds. The number of carboxylic acids is 1. The van der Waals surface area contributed by atoms with Crippen LogP contribution < -0.4 is 0 Å². The number of rotatable bonds is 5. The van der Waals surface area contributed by atoms with Crippen LogP contribution in [0.3, 0.4) is 0 Å². The quantitative estimate of drug-likeness (QED) is 0.702. The van der Waals surface area contributed by atoms with Gasteiger partial charge in [0.25, 0.3) is 0 Å². The minimum atomic E-state index is -1.07. The predicted molar refractivity (Wildman–Crippen MR) is 47.5 cm³/mol. The lowest BCUT2D eigenvalue weighted by molar-refractivity contribution is -0.131. The smallest absolute Gasteiger partial charge is 0.358 e. The van der Waals surface area contributed by atoms with Crippen molar-refractivity contribution < 1.29 is 19.4 Å². The van der Waals surface area contributed by atoms with Crippen LogP contribution in [0.15, 0.2) is 6.20 Å².